The van der Waals surface area contributed by atoms with Crippen LogP contribution in [0.25, 0.3) is 10.9 Å². The summed E-state index contributed by atoms with van der Waals surface area (Å²) in [6.07, 6.45) is 1.20. The van der Waals surface area contributed by atoms with Crippen LogP contribution in [0.3, 0.4) is 0 Å². The molecule has 0 unspecified atom stereocenters. The molecule has 1 aromatic carbocycles. The molecule has 2 aromatic rings. The fraction of sp³-hybridized carbons (Fsp3) is 0.400. The van der Waals surface area contributed by atoms with Gasteiger partial charge in [0.25, 0.3) is 0 Å². The van der Waals surface area contributed by atoms with Crippen molar-refractivity contribution in [3.05, 3.63) is 24.4 Å². The topological polar surface area (TPSA) is 108 Å². The smallest absolute Gasteiger partial charge is 0.407 e. The number of fused-ring (bicyclic) bond motifs is 1. The molecule has 3 amide bonds. The van der Waals surface area contributed by atoms with Gasteiger partial charge in [0.2, 0.25) is 0 Å². The molecule has 0 saturated heterocycles. The number of hydrogen-bond acceptors (Lipinski definition) is 4. The lowest BCUT2D eigenvalue weighted by molar-refractivity contribution is 0.0528. The molecule has 4 N–H and O–H groups in total. The van der Waals surface area contributed by atoms with E-state index >= 15 is 0 Å². The van der Waals surface area contributed by atoms with E-state index in [0.717, 1.165) is 10.9 Å². The van der Waals surface area contributed by atoms with Crippen LogP contribution in [0, 0.1) is 0 Å². The molecule has 8 nitrogen and oxygen atoms in total. The van der Waals surface area contributed by atoms with Gasteiger partial charge in [-0.1, -0.05) is 0 Å². The number of hydrogen-bond donors (Lipinski definition) is 4. The summed E-state index contributed by atoms with van der Waals surface area (Å²) in [4.78, 5) is 23.2. The predicted octanol–water partition coefficient (Wildman–Crippen LogP) is 2.21. The SMILES string of the molecule is CC(C)(C)OC(=O)NCCNC(=O)Nc1ccc2cn[nH]c2c1. The van der Waals surface area contributed by atoms with Crippen molar-refractivity contribution in [1.29, 1.82) is 0 Å². The van der Waals surface area contributed by atoms with Crippen LogP contribution in [0.1, 0.15) is 20.8 Å². The number of carbonyl (C=O) groups excluding carboxylic acids is 2. The van der Waals surface area contributed by atoms with Crippen molar-refractivity contribution in [3.8, 4) is 0 Å². The molecule has 0 atom stereocenters. The highest BCUT2D eigenvalue weighted by Gasteiger charge is 2.15. The number of amides is 3. The van der Waals surface area contributed by atoms with E-state index in [0.29, 0.717) is 5.69 Å². The van der Waals surface area contributed by atoms with Crippen LogP contribution in [-0.4, -0.2) is 41.0 Å². The number of aromatic nitrogens is 2. The molecule has 0 fully saturated rings. The zero-order valence-electron chi connectivity index (χ0n) is 13.4. The molecule has 1 aromatic heterocycles. The van der Waals surface area contributed by atoms with Crippen LogP contribution in [0.15, 0.2) is 24.4 Å². The highest BCUT2D eigenvalue weighted by molar-refractivity contribution is 5.92. The molecule has 1 heterocycles. The number of benzene rings is 1. The van der Waals surface area contributed by atoms with E-state index in [9.17, 15) is 9.59 Å². The molecule has 8 heteroatoms. The van der Waals surface area contributed by atoms with Gasteiger partial charge in [-0.2, -0.15) is 5.10 Å². The van der Waals surface area contributed by atoms with Crippen molar-refractivity contribution < 1.29 is 14.3 Å². The molecule has 2 rings (SSSR count). The number of rotatable bonds is 4. The van der Waals surface area contributed by atoms with E-state index in [4.69, 9.17) is 4.74 Å². The van der Waals surface area contributed by atoms with E-state index in [-0.39, 0.29) is 19.1 Å². The second-order valence-corrected chi connectivity index (χ2v) is 5.98. The molecule has 0 bridgehead atoms. The maximum absolute atomic E-state index is 11.8. The van der Waals surface area contributed by atoms with Crippen molar-refractivity contribution in [3.63, 3.8) is 0 Å². The Balaban J connectivity index is 1.70. The van der Waals surface area contributed by atoms with Gasteiger partial charge >= 0.3 is 12.1 Å². The van der Waals surface area contributed by atoms with Gasteiger partial charge in [0.15, 0.2) is 0 Å². The quantitative estimate of drug-likeness (QED) is 0.648. The van der Waals surface area contributed by atoms with Gasteiger partial charge < -0.3 is 20.7 Å². The van der Waals surface area contributed by atoms with E-state index in [2.05, 4.69) is 26.1 Å². The number of nitrogens with one attached hydrogen (secondary N) is 4. The Morgan fingerprint density at radius 3 is 2.70 bits per heavy atom. The second kappa shape index (κ2) is 6.99. The summed E-state index contributed by atoms with van der Waals surface area (Å²) in [7, 11) is 0. The summed E-state index contributed by atoms with van der Waals surface area (Å²) in [6.45, 7) is 5.93. The molecule has 23 heavy (non-hydrogen) atoms. The van der Waals surface area contributed by atoms with Crippen LogP contribution >= 0.6 is 0 Å². The number of anilines is 1. The molecule has 0 radical (unpaired) electrons. The predicted molar refractivity (Wildman–Crippen MR) is 87.4 cm³/mol. The normalized spacial score (nSPS) is 11.1. The maximum Gasteiger partial charge on any atom is 0.407 e. The fourth-order valence-electron chi connectivity index (χ4n) is 1.84. The Morgan fingerprint density at radius 2 is 1.96 bits per heavy atom. The lowest BCUT2D eigenvalue weighted by Crippen LogP contribution is -2.39. The largest absolute Gasteiger partial charge is 0.444 e. The van der Waals surface area contributed by atoms with Crippen molar-refractivity contribution >= 4 is 28.7 Å². The van der Waals surface area contributed by atoms with Crippen LogP contribution in [0.4, 0.5) is 15.3 Å². The highest BCUT2D eigenvalue weighted by Crippen LogP contribution is 2.16. The molecule has 0 spiro atoms. The number of nitrogens with zero attached hydrogens (tertiary/aromatic N) is 1. The molecule has 0 saturated carbocycles. The minimum Gasteiger partial charge on any atom is -0.444 e. The minimum atomic E-state index is -0.541. The first kappa shape index (κ1) is 16.6. The summed E-state index contributed by atoms with van der Waals surface area (Å²) >= 11 is 0. The lowest BCUT2D eigenvalue weighted by atomic mass is 10.2. The van der Waals surface area contributed by atoms with Crippen LogP contribution in [0.5, 0.6) is 0 Å². The van der Waals surface area contributed by atoms with Crippen molar-refractivity contribution in [2.24, 2.45) is 0 Å². The fourth-order valence-corrected chi connectivity index (χ4v) is 1.84. The van der Waals surface area contributed by atoms with E-state index in [1.165, 1.54) is 0 Å². The average Bonchev–Trinajstić information content (AvgIpc) is 2.89. The second-order valence-electron chi connectivity index (χ2n) is 5.98. The van der Waals surface area contributed by atoms with E-state index in [1.54, 1.807) is 39.1 Å². The molecule has 0 aliphatic carbocycles. The van der Waals surface area contributed by atoms with Gasteiger partial charge in [-0.25, -0.2) is 9.59 Å². The molecular formula is C15H21N5O3. The number of H-pyrrole nitrogens is 1. The maximum atomic E-state index is 11.8. The van der Waals surface area contributed by atoms with Crippen molar-refractivity contribution in [2.45, 2.75) is 26.4 Å². The Bertz CT molecular complexity index is 690. The zero-order chi connectivity index (χ0) is 16.9. The number of urea groups is 1. The van der Waals surface area contributed by atoms with Gasteiger partial charge in [0.1, 0.15) is 5.60 Å². The third kappa shape index (κ3) is 5.50. The number of aromatic amines is 1. The summed E-state index contributed by atoms with van der Waals surface area (Å²) in [5.74, 6) is 0. The first-order chi connectivity index (χ1) is 10.8. The summed E-state index contributed by atoms with van der Waals surface area (Å²) in [5.41, 5.74) is 0.953. The lowest BCUT2D eigenvalue weighted by Gasteiger charge is -2.19. The van der Waals surface area contributed by atoms with Gasteiger partial charge in [-0.05, 0) is 39.0 Å². The van der Waals surface area contributed by atoms with Gasteiger partial charge in [0.05, 0.1) is 11.7 Å². The third-order valence-electron chi connectivity index (χ3n) is 2.78. The van der Waals surface area contributed by atoms with Crippen molar-refractivity contribution in [2.75, 3.05) is 18.4 Å². The van der Waals surface area contributed by atoms with Gasteiger partial charge in [-0.3, -0.25) is 5.10 Å². The zero-order valence-corrected chi connectivity index (χ0v) is 13.4. The summed E-state index contributed by atoms with van der Waals surface area (Å²) in [5, 5.41) is 15.6. The summed E-state index contributed by atoms with van der Waals surface area (Å²) in [6, 6.07) is 5.09. The summed E-state index contributed by atoms with van der Waals surface area (Å²) < 4.78 is 5.09. The number of alkyl carbamates (subject to hydrolysis) is 1. The van der Waals surface area contributed by atoms with E-state index in [1.807, 2.05) is 6.07 Å². The number of carbonyl (C=O) groups is 2. The number of ether oxygens (including phenoxy) is 1. The Labute approximate surface area is 134 Å². The van der Waals surface area contributed by atoms with Crippen molar-refractivity contribution in [1.82, 2.24) is 20.8 Å². The molecular weight excluding hydrogens is 298 g/mol. The monoisotopic (exact) mass is 319 g/mol. The molecule has 0 aliphatic rings. The van der Waals surface area contributed by atoms with Crippen LogP contribution < -0.4 is 16.0 Å². The highest BCUT2D eigenvalue weighted by atomic mass is 16.6. The van der Waals surface area contributed by atoms with Gasteiger partial charge in [0, 0.05) is 24.2 Å². The van der Waals surface area contributed by atoms with Gasteiger partial charge in [-0.15, -0.1) is 0 Å². The Kier molecular flexibility index (Phi) is 5.05. The Hall–Kier alpha value is -2.77. The van der Waals surface area contributed by atoms with Crippen LogP contribution in [-0.2, 0) is 4.74 Å². The molecule has 124 valence electrons. The third-order valence-corrected chi connectivity index (χ3v) is 2.78. The Morgan fingerprint density at radius 1 is 1.22 bits per heavy atom. The van der Waals surface area contributed by atoms with E-state index < -0.39 is 11.7 Å². The molecule has 0 aliphatic heterocycles. The first-order valence-corrected chi connectivity index (χ1v) is 7.28. The van der Waals surface area contributed by atoms with Crippen LogP contribution in [0.2, 0.25) is 0 Å². The minimum absolute atomic E-state index is 0.280. The first-order valence-electron chi connectivity index (χ1n) is 7.28. The average molecular weight is 319 g/mol. The standard InChI is InChI=1S/C15H21N5O3/c1-15(2,3)23-14(22)17-7-6-16-13(21)19-11-5-4-10-9-18-20-12(10)8-11/h4-5,8-9H,6-7H2,1-3H3,(H,17,22)(H,18,20)(H2,16,19,21).